The maximum atomic E-state index is 4.90. The van der Waals surface area contributed by atoms with Crippen LogP contribution in [0.2, 0.25) is 0 Å². The molecule has 0 saturated heterocycles. The molecular weight excluding hydrogens is 236 g/mol. The molecule has 0 fully saturated rings. The third kappa shape index (κ3) is 5.55. The molecule has 3 atom stereocenters. The summed E-state index contributed by atoms with van der Waals surface area (Å²) in [7, 11) is 0. The molecule has 0 bridgehead atoms. The van der Waals surface area contributed by atoms with Gasteiger partial charge < -0.3 is 0 Å². The number of hydrogen-bond acceptors (Lipinski definition) is 1. The lowest BCUT2D eigenvalue weighted by atomic mass is 9.63. The van der Waals surface area contributed by atoms with Gasteiger partial charge in [0.15, 0.2) is 0 Å². The van der Waals surface area contributed by atoms with Crippen molar-refractivity contribution in [3.8, 4) is 0 Å². The smallest absolute Gasteiger partial charge is 0.00501 e. The minimum atomic E-state index is 0.459. The number of thiol groups is 1. The van der Waals surface area contributed by atoms with E-state index in [1.165, 1.54) is 32.1 Å². The first-order valence-corrected chi connectivity index (χ1v) is 8.48. The highest BCUT2D eigenvalue weighted by molar-refractivity contribution is 7.81. The molecule has 0 aliphatic heterocycles. The largest absolute Gasteiger partial charge is 0.176 e. The van der Waals surface area contributed by atoms with Crippen molar-refractivity contribution in [3.05, 3.63) is 0 Å². The van der Waals surface area contributed by atoms with Crippen molar-refractivity contribution in [3.63, 3.8) is 0 Å². The van der Waals surface area contributed by atoms with E-state index in [9.17, 15) is 0 Å². The van der Waals surface area contributed by atoms with Gasteiger partial charge in [-0.2, -0.15) is 12.6 Å². The van der Waals surface area contributed by atoms with E-state index >= 15 is 0 Å². The molecule has 0 aromatic carbocycles. The molecular formula is C17H36S. The van der Waals surface area contributed by atoms with E-state index < -0.39 is 0 Å². The van der Waals surface area contributed by atoms with E-state index in [2.05, 4.69) is 48.5 Å². The SMILES string of the molecule is CCCCC(C)(CC(C)C)C(C(C)C)C(S)CC. The first-order chi connectivity index (χ1) is 8.28. The van der Waals surface area contributed by atoms with Crippen LogP contribution in [-0.2, 0) is 0 Å². The Balaban J connectivity index is 5.07. The van der Waals surface area contributed by atoms with Gasteiger partial charge in [-0.1, -0.05) is 61.3 Å². The number of hydrogen-bond donors (Lipinski definition) is 1. The molecule has 0 nitrogen and oxygen atoms in total. The lowest BCUT2D eigenvalue weighted by Gasteiger charge is -2.44. The Morgan fingerprint density at radius 3 is 1.94 bits per heavy atom. The third-order valence-corrected chi connectivity index (χ3v) is 5.02. The van der Waals surface area contributed by atoms with Gasteiger partial charge in [0.1, 0.15) is 0 Å². The molecule has 3 unspecified atom stereocenters. The van der Waals surface area contributed by atoms with Crippen molar-refractivity contribution in [2.45, 2.75) is 85.8 Å². The molecule has 0 heterocycles. The van der Waals surface area contributed by atoms with E-state index in [-0.39, 0.29) is 0 Å². The lowest BCUT2D eigenvalue weighted by Crippen LogP contribution is -2.38. The summed E-state index contributed by atoms with van der Waals surface area (Å²) in [5.74, 6) is 2.25. The van der Waals surface area contributed by atoms with Crippen molar-refractivity contribution in [1.29, 1.82) is 0 Å². The van der Waals surface area contributed by atoms with E-state index in [4.69, 9.17) is 12.6 Å². The van der Waals surface area contributed by atoms with Crippen LogP contribution in [0.4, 0.5) is 0 Å². The zero-order valence-electron chi connectivity index (χ0n) is 13.8. The summed E-state index contributed by atoms with van der Waals surface area (Å²) < 4.78 is 0. The highest BCUT2D eigenvalue weighted by Crippen LogP contribution is 2.46. The van der Waals surface area contributed by atoms with Crippen LogP contribution in [0.25, 0.3) is 0 Å². The molecule has 0 aromatic heterocycles. The molecule has 1 heteroatoms. The summed E-state index contributed by atoms with van der Waals surface area (Å²) >= 11 is 4.90. The van der Waals surface area contributed by atoms with Crippen LogP contribution >= 0.6 is 12.6 Å². The average molecular weight is 273 g/mol. The van der Waals surface area contributed by atoms with Gasteiger partial charge in [-0.3, -0.25) is 0 Å². The van der Waals surface area contributed by atoms with Crippen molar-refractivity contribution in [2.75, 3.05) is 0 Å². The Labute approximate surface area is 122 Å². The average Bonchev–Trinajstić information content (AvgIpc) is 2.24. The molecule has 0 rings (SSSR count). The Hall–Kier alpha value is 0.350. The molecule has 110 valence electrons. The van der Waals surface area contributed by atoms with Gasteiger partial charge in [-0.05, 0) is 42.4 Å². The van der Waals surface area contributed by atoms with Gasteiger partial charge in [0, 0.05) is 5.25 Å². The summed E-state index contributed by atoms with van der Waals surface area (Å²) in [6, 6.07) is 0. The van der Waals surface area contributed by atoms with Crippen LogP contribution in [0, 0.1) is 23.2 Å². The molecule has 0 saturated carbocycles. The third-order valence-electron chi connectivity index (χ3n) is 4.33. The van der Waals surface area contributed by atoms with Crippen LogP contribution in [0.3, 0.4) is 0 Å². The van der Waals surface area contributed by atoms with Gasteiger partial charge in [-0.25, -0.2) is 0 Å². The minimum absolute atomic E-state index is 0.459. The van der Waals surface area contributed by atoms with Crippen molar-refractivity contribution in [2.24, 2.45) is 23.2 Å². The van der Waals surface area contributed by atoms with Crippen LogP contribution in [0.15, 0.2) is 0 Å². The van der Waals surface area contributed by atoms with Gasteiger partial charge in [0.25, 0.3) is 0 Å². The van der Waals surface area contributed by atoms with E-state index in [1.807, 2.05) is 0 Å². The molecule has 18 heavy (non-hydrogen) atoms. The monoisotopic (exact) mass is 272 g/mol. The van der Waals surface area contributed by atoms with E-state index in [0.29, 0.717) is 10.7 Å². The molecule has 0 radical (unpaired) electrons. The first kappa shape index (κ1) is 18.4. The normalized spacial score (nSPS) is 19.0. The van der Waals surface area contributed by atoms with E-state index in [1.54, 1.807) is 0 Å². The molecule has 0 N–H and O–H groups in total. The minimum Gasteiger partial charge on any atom is -0.176 e. The van der Waals surface area contributed by atoms with Crippen molar-refractivity contribution >= 4 is 12.6 Å². The first-order valence-electron chi connectivity index (χ1n) is 7.96. The highest BCUT2D eigenvalue weighted by Gasteiger charge is 2.38. The van der Waals surface area contributed by atoms with Crippen LogP contribution in [0.5, 0.6) is 0 Å². The second-order valence-electron chi connectivity index (χ2n) is 7.10. The summed E-state index contributed by atoms with van der Waals surface area (Å²) in [6.07, 6.45) is 6.55. The van der Waals surface area contributed by atoms with Gasteiger partial charge in [-0.15, -0.1) is 0 Å². The Morgan fingerprint density at radius 1 is 1.06 bits per heavy atom. The number of rotatable bonds is 9. The molecule has 0 aliphatic rings. The van der Waals surface area contributed by atoms with E-state index in [0.717, 1.165) is 17.8 Å². The summed E-state index contributed by atoms with van der Waals surface area (Å²) in [4.78, 5) is 0. The fourth-order valence-electron chi connectivity index (χ4n) is 3.89. The Kier molecular flexibility index (Phi) is 8.67. The van der Waals surface area contributed by atoms with Gasteiger partial charge in [0.2, 0.25) is 0 Å². The van der Waals surface area contributed by atoms with Gasteiger partial charge in [0.05, 0.1) is 0 Å². The second-order valence-corrected chi connectivity index (χ2v) is 7.76. The quantitative estimate of drug-likeness (QED) is 0.474. The van der Waals surface area contributed by atoms with Crippen LogP contribution in [0.1, 0.15) is 80.6 Å². The Morgan fingerprint density at radius 2 is 1.61 bits per heavy atom. The van der Waals surface area contributed by atoms with Crippen molar-refractivity contribution < 1.29 is 0 Å². The fourth-order valence-corrected chi connectivity index (χ4v) is 4.59. The second kappa shape index (κ2) is 8.51. The summed E-state index contributed by atoms with van der Waals surface area (Å²) in [5.41, 5.74) is 0.459. The predicted molar refractivity (Wildman–Crippen MR) is 88.5 cm³/mol. The maximum Gasteiger partial charge on any atom is 0.00501 e. The zero-order chi connectivity index (χ0) is 14.3. The molecule has 0 amide bonds. The van der Waals surface area contributed by atoms with Crippen LogP contribution < -0.4 is 0 Å². The van der Waals surface area contributed by atoms with Gasteiger partial charge >= 0.3 is 0 Å². The highest BCUT2D eigenvalue weighted by atomic mass is 32.1. The van der Waals surface area contributed by atoms with Crippen molar-refractivity contribution in [1.82, 2.24) is 0 Å². The molecule has 0 aromatic rings. The zero-order valence-corrected chi connectivity index (χ0v) is 14.7. The maximum absolute atomic E-state index is 4.90. The standard InChI is InChI=1S/C17H36S/c1-8-10-11-17(7,12-13(3)4)16(14(5)6)15(18)9-2/h13-16,18H,8-12H2,1-7H3. The van der Waals surface area contributed by atoms with Crippen LogP contribution in [-0.4, -0.2) is 5.25 Å². The molecule has 0 aliphatic carbocycles. The fraction of sp³-hybridized carbons (Fsp3) is 1.00. The summed E-state index contributed by atoms with van der Waals surface area (Å²) in [6.45, 7) is 16.6. The number of unbranched alkanes of at least 4 members (excludes halogenated alkanes) is 1. The summed E-state index contributed by atoms with van der Waals surface area (Å²) in [5, 5.41) is 0.547. The predicted octanol–water partition coefficient (Wildman–Crippen LogP) is 6.21. The Bertz CT molecular complexity index is 210. The molecule has 0 spiro atoms. The lowest BCUT2D eigenvalue weighted by molar-refractivity contribution is 0.0870. The topological polar surface area (TPSA) is 0 Å².